The summed E-state index contributed by atoms with van der Waals surface area (Å²) < 4.78 is 0. The molecule has 3 amide bonds. The molecular formula is C26H36ClN3O4. The van der Waals surface area contributed by atoms with Crippen LogP contribution in [0.2, 0.25) is 5.02 Å². The van der Waals surface area contributed by atoms with E-state index < -0.39 is 29.8 Å². The number of aliphatic hydroxyl groups is 1. The molecule has 2 aliphatic rings. The monoisotopic (exact) mass is 489 g/mol. The molecule has 0 radical (unpaired) electrons. The maximum Gasteiger partial charge on any atom is 0.247 e. The number of benzene rings is 1. The van der Waals surface area contributed by atoms with Gasteiger partial charge in [-0.1, -0.05) is 50.9 Å². The minimum atomic E-state index is -0.824. The normalized spacial score (nSPS) is 27.0. The zero-order valence-electron chi connectivity index (χ0n) is 20.3. The number of aliphatic hydroxyl groups excluding tert-OH is 1. The van der Waals surface area contributed by atoms with Crippen LogP contribution in [-0.2, 0) is 14.4 Å². The van der Waals surface area contributed by atoms with Crippen molar-refractivity contribution in [3.05, 3.63) is 41.4 Å². The number of hydrogen-bond acceptors (Lipinski definition) is 4. The average Bonchev–Trinajstić information content (AvgIpc) is 3.10. The molecule has 1 aromatic rings. The lowest BCUT2D eigenvalue weighted by Crippen LogP contribution is -2.51. The molecule has 0 spiro atoms. The van der Waals surface area contributed by atoms with Gasteiger partial charge in [0.1, 0.15) is 6.04 Å². The molecule has 1 aliphatic carbocycles. The zero-order valence-corrected chi connectivity index (χ0v) is 21.1. The number of nitrogens with one attached hydrogen (secondary N) is 2. The van der Waals surface area contributed by atoms with E-state index in [1.165, 1.54) is 0 Å². The van der Waals surface area contributed by atoms with Crippen LogP contribution < -0.4 is 10.6 Å². The molecule has 1 saturated heterocycles. The highest BCUT2D eigenvalue weighted by Gasteiger charge is 2.58. The van der Waals surface area contributed by atoms with Crippen molar-refractivity contribution in [2.24, 2.45) is 29.6 Å². The molecule has 7 nitrogen and oxygen atoms in total. The Bertz CT molecular complexity index is 917. The molecule has 1 fully saturated rings. The third-order valence-corrected chi connectivity index (χ3v) is 7.20. The summed E-state index contributed by atoms with van der Waals surface area (Å²) in [7, 11) is 1.58. The van der Waals surface area contributed by atoms with Crippen molar-refractivity contribution in [3.8, 4) is 0 Å². The van der Waals surface area contributed by atoms with E-state index in [4.69, 9.17) is 11.6 Å². The van der Waals surface area contributed by atoms with E-state index in [9.17, 15) is 19.5 Å². The molecule has 0 bridgehead atoms. The Hall–Kier alpha value is -2.38. The van der Waals surface area contributed by atoms with E-state index in [1.54, 1.807) is 36.2 Å². The second-order valence-corrected chi connectivity index (χ2v) is 10.2. The van der Waals surface area contributed by atoms with Crippen molar-refractivity contribution in [2.45, 2.75) is 52.1 Å². The third kappa shape index (κ3) is 5.31. The summed E-state index contributed by atoms with van der Waals surface area (Å²) in [6.07, 6.45) is 6.16. The van der Waals surface area contributed by atoms with Gasteiger partial charge in [0.15, 0.2) is 0 Å². The third-order valence-electron chi connectivity index (χ3n) is 6.95. The molecule has 34 heavy (non-hydrogen) atoms. The highest BCUT2D eigenvalue weighted by atomic mass is 35.5. The van der Waals surface area contributed by atoms with Crippen LogP contribution in [-0.4, -0.2) is 53.5 Å². The van der Waals surface area contributed by atoms with Crippen molar-refractivity contribution in [1.29, 1.82) is 0 Å². The smallest absolute Gasteiger partial charge is 0.247 e. The van der Waals surface area contributed by atoms with Gasteiger partial charge < -0.3 is 20.6 Å². The molecule has 0 unspecified atom stereocenters. The molecule has 1 heterocycles. The van der Waals surface area contributed by atoms with Gasteiger partial charge in [0, 0.05) is 23.7 Å². The molecule has 0 saturated carbocycles. The molecule has 3 N–H and O–H groups in total. The van der Waals surface area contributed by atoms with Crippen LogP contribution >= 0.6 is 11.6 Å². The number of hydrogen-bond donors (Lipinski definition) is 3. The number of carbonyl (C=O) groups is 3. The second-order valence-electron chi connectivity index (χ2n) is 9.73. The van der Waals surface area contributed by atoms with Gasteiger partial charge >= 0.3 is 0 Å². The number of likely N-dealkylation sites (tertiary alicyclic amines) is 1. The van der Waals surface area contributed by atoms with E-state index in [0.29, 0.717) is 17.1 Å². The van der Waals surface area contributed by atoms with Crippen molar-refractivity contribution < 1.29 is 19.5 Å². The van der Waals surface area contributed by atoms with Crippen molar-refractivity contribution in [2.75, 3.05) is 19.0 Å². The molecule has 186 valence electrons. The number of amides is 3. The first kappa shape index (κ1) is 26.2. The molecule has 1 aromatic carbocycles. The summed E-state index contributed by atoms with van der Waals surface area (Å²) in [5.41, 5.74) is 0.571. The number of allylic oxidation sites excluding steroid dienone is 1. The lowest BCUT2D eigenvalue weighted by Gasteiger charge is -2.34. The van der Waals surface area contributed by atoms with E-state index in [0.717, 1.165) is 12.8 Å². The minimum Gasteiger partial charge on any atom is -0.394 e. The molecule has 8 heteroatoms. The van der Waals surface area contributed by atoms with Gasteiger partial charge in [-0.3, -0.25) is 14.4 Å². The van der Waals surface area contributed by atoms with E-state index in [2.05, 4.69) is 17.6 Å². The average molecular weight is 490 g/mol. The molecule has 1 aliphatic heterocycles. The largest absolute Gasteiger partial charge is 0.394 e. The fourth-order valence-electron chi connectivity index (χ4n) is 5.54. The Kier molecular flexibility index (Phi) is 8.77. The Morgan fingerprint density at radius 2 is 1.82 bits per heavy atom. The molecular weight excluding hydrogens is 454 g/mol. The van der Waals surface area contributed by atoms with Gasteiger partial charge in [0.25, 0.3) is 0 Å². The lowest BCUT2D eigenvalue weighted by atomic mass is 9.68. The summed E-state index contributed by atoms with van der Waals surface area (Å²) in [4.78, 5) is 42.1. The highest BCUT2D eigenvalue weighted by Crippen LogP contribution is 2.46. The Morgan fingerprint density at radius 1 is 1.15 bits per heavy atom. The van der Waals surface area contributed by atoms with Crippen molar-refractivity contribution in [3.63, 3.8) is 0 Å². The maximum atomic E-state index is 13.9. The first-order valence-electron chi connectivity index (χ1n) is 12.1. The van der Waals surface area contributed by atoms with Crippen LogP contribution in [0.25, 0.3) is 0 Å². The first-order valence-corrected chi connectivity index (χ1v) is 12.5. The number of anilines is 1. The summed E-state index contributed by atoms with van der Waals surface area (Å²) in [5, 5.41) is 16.4. The Morgan fingerprint density at radius 3 is 2.38 bits per heavy atom. The van der Waals surface area contributed by atoms with Crippen molar-refractivity contribution >= 4 is 35.0 Å². The maximum absolute atomic E-state index is 13.9. The van der Waals surface area contributed by atoms with Gasteiger partial charge in [-0.15, -0.1) is 0 Å². The Balaban J connectivity index is 2.04. The standard InChI is InChI=1S/C26H36ClN3O4/c1-5-6-16-7-12-20-22(21(16)24(32)28-4)26(34)30(19(14-31)13-15(2)3)23(20)25(33)29-18-10-8-17(27)9-11-18/h7-12,15-16,19-23,31H,5-6,13-14H2,1-4H3,(H,28,32)(H,29,33)/t16-,19-,20+,21-,22+,23+/m1/s1. The van der Waals surface area contributed by atoms with E-state index >= 15 is 0 Å². The van der Waals surface area contributed by atoms with Gasteiger partial charge in [0.05, 0.1) is 24.5 Å². The fourth-order valence-corrected chi connectivity index (χ4v) is 5.67. The molecule has 6 atom stereocenters. The Labute approximate surface area is 206 Å². The van der Waals surface area contributed by atoms with Crippen LogP contribution in [0, 0.1) is 29.6 Å². The summed E-state index contributed by atoms with van der Waals surface area (Å²) >= 11 is 5.98. The topological polar surface area (TPSA) is 98.7 Å². The van der Waals surface area contributed by atoms with E-state index in [1.807, 2.05) is 26.0 Å². The fraction of sp³-hybridized carbons (Fsp3) is 0.577. The van der Waals surface area contributed by atoms with Gasteiger partial charge in [-0.05, 0) is 48.9 Å². The SMILES string of the molecule is CCC[C@@H]1C=C[C@H]2[C@H](C(=O)N([C@@H](CO)CC(C)C)[C@@H]2C(=O)Nc2ccc(Cl)cc2)[C@@H]1C(=O)NC. The van der Waals surface area contributed by atoms with Gasteiger partial charge in [0.2, 0.25) is 17.7 Å². The number of halogens is 1. The van der Waals surface area contributed by atoms with Crippen LogP contribution in [0.5, 0.6) is 0 Å². The second kappa shape index (κ2) is 11.4. The quantitative estimate of drug-likeness (QED) is 0.462. The summed E-state index contributed by atoms with van der Waals surface area (Å²) in [6.45, 7) is 5.84. The predicted molar refractivity (Wildman–Crippen MR) is 133 cm³/mol. The summed E-state index contributed by atoms with van der Waals surface area (Å²) in [6, 6.07) is 5.45. The van der Waals surface area contributed by atoms with Crippen molar-refractivity contribution in [1.82, 2.24) is 10.2 Å². The zero-order chi connectivity index (χ0) is 25.0. The van der Waals surface area contributed by atoms with Gasteiger partial charge in [-0.2, -0.15) is 0 Å². The number of rotatable bonds is 9. The summed E-state index contributed by atoms with van der Waals surface area (Å²) in [5.74, 6) is -2.28. The lowest BCUT2D eigenvalue weighted by molar-refractivity contribution is -0.143. The number of nitrogens with zero attached hydrogens (tertiary/aromatic N) is 1. The van der Waals surface area contributed by atoms with Crippen LogP contribution in [0.1, 0.15) is 40.0 Å². The minimum absolute atomic E-state index is 0.0762. The van der Waals surface area contributed by atoms with Crippen LogP contribution in [0.4, 0.5) is 5.69 Å². The predicted octanol–water partition coefficient (Wildman–Crippen LogP) is 3.48. The number of carbonyl (C=O) groups excluding carboxylic acids is 3. The van der Waals surface area contributed by atoms with E-state index in [-0.39, 0.29) is 36.2 Å². The molecule has 0 aromatic heterocycles. The highest BCUT2D eigenvalue weighted by molar-refractivity contribution is 6.30. The molecule has 3 rings (SSSR count). The number of fused-ring (bicyclic) bond motifs is 1. The first-order chi connectivity index (χ1) is 16.2. The van der Waals surface area contributed by atoms with Crippen LogP contribution in [0.15, 0.2) is 36.4 Å². The van der Waals surface area contributed by atoms with Crippen LogP contribution in [0.3, 0.4) is 0 Å². The van der Waals surface area contributed by atoms with Gasteiger partial charge in [-0.25, -0.2) is 0 Å².